The van der Waals surface area contributed by atoms with Crippen molar-refractivity contribution in [3.63, 3.8) is 0 Å². The van der Waals surface area contributed by atoms with Gasteiger partial charge in [-0.1, -0.05) is 37.1 Å². The fourth-order valence-electron chi connectivity index (χ4n) is 1.55. The zero-order valence-corrected chi connectivity index (χ0v) is 12.6. The highest BCUT2D eigenvalue weighted by Gasteiger charge is 2.07. The minimum absolute atomic E-state index is 0.229. The van der Waals surface area contributed by atoms with Crippen LogP contribution in [0.3, 0.4) is 0 Å². The Kier molecular flexibility index (Phi) is 7.43. The molecule has 1 heterocycles. The van der Waals surface area contributed by atoms with E-state index < -0.39 is 0 Å². The van der Waals surface area contributed by atoms with Gasteiger partial charge in [-0.2, -0.15) is 0 Å². The molecule has 0 aliphatic rings. The van der Waals surface area contributed by atoms with Crippen LogP contribution in [0.25, 0.3) is 0 Å². The molecular formula is C15H20ClN3O. The number of imidazole rings is 1. The third-order valence-electron chi connectivity index (χ3n) is 2.51. The summed E-state index contributed by atoms with van der Waals surface area (Å²) in [4.78, 5) is 18.5. The monoisotopic (exact) mass is 293 g/mol. The van der Waals surface area contributed by atoms with E-state index in [1.54, 1.807) is 12.4 Å². The average Bonchev–Trinajstić information content (AvgIpc) is 2.95. The van der Waals surface area contributed by atoms with Crippen molar-refractivity contribution in [1.82, 2.24) is 15.3 Å². The lowest BCUT2D eigenvalue weighted by molar-refractivity contribution is 0.0948. The summed E-state index contributed by atoms with van der Waals surface area (Å²) in [5, 5.41) is 3.45. The van der Waals surface area contributed by atoms with Crippen molar-refractivity contribution in [3.8, 4) is 0 Å². The number of nitrogens with one attached hydrogen (secondary N) is 2. The third kappa shape index (κ3) is 5.89. The van der Waals surface area contributed by atoms with E-state index in [0.29, 0.717) is 17.4 Å². The first-order chi connectivity index (χ1) is 9.67. The molecule has 1 aromatic rings. The van der Waals surface area contributed by atoms with Gasteiger partial charge in [-0.25, -0.2) is 4.98 Å². The number of allylic oxidation sites excluding steroid dienone is 4. The van der Waals surface area contributed by atoms with E-state index >= 15 is 0 Å². The van der Waals surface area contributed by atoms with Crippen molar-refractivity contribution in [1.29, 1.82) is 0 Å². The van der Waals surface area contributed by atoms with Gasteiger partial charge >= 0.3 is 0 Å². The fourth-order valence-corrected chi connectivity index (χ4v) is 1.82. The number of carbonyl (C=O) groups excluding carboxylic acids is 1. The van der Waals surface area contributed by atoms with Crippen LogP contribution in [0.5, 0.6) is 0 Å². The van der Waals surface area contributed by atoms with Crippen molar-refractivity contribution in [3.05, 3.63) is 53.1 Å². The molecule has 2 N–H and O–H groups in total. The SMILES string of the molecule is C\C=C/C(Cl)=C\C(=C\CCC)CNC(=O)c1ncc[nH]1. The van der Waals surface area contributed by atoms with E-state index in [4.69, 9.17) is 11.6 Å². The first-order valence-electron chi connectivity index (χ1n) is 6.63. The number of nitrogens with zero attached hydrogens (tertiary/aromatic N) is 1. The number of hydrogen-bond donors (Lipinski definition) is 2. The van der Waals surface area contributed by atoms with Gasteiger partial charge in [-0.3, -0.25) is 4.79 Å². The van der Waals surface area contributed by atoms with E-state index in [0.717, 1.165) is 18.4 Å². The highest BCUT2D eigenvalue weighted by Crippen LogP contribution is 2.10. The molecule has 108 valence electrons. The summed E-state index contributed by atoms with van der Waals surface area (Å²) < 4.78 is 0. The maximum Gasteiger partial charge on any atom is 0.287 e. The topological polar surface area (TPSA) is 57.8 Å². The molecule has 0 unspecified atom stereocenters. The zero-order valence-electron chi connectivity index (χ0n) is 11.8. The summed E-state index contributed by atoms with van der Waals surface area (Å²) >= 11 is 6.07. The van der Waals surface area contributed by atoms with Crippen LogP contribution in [0.4, 0.5) is 0 Å². The number of unbranched alkanes of at least 4 members (excludes halogenated alkanes) is 1. The van der Waals surface area contributed by atoms with E-state index in [1.807, 2.05) is 25.2 Å². The normalized spacial score (nSPS) is 12.9. The van der Waals surface area contributed by atoms with Crippen LogP contribution in [0.15, 0.2) is 47.3 Å². The summed E-state index contributed by atoms with van der Waals surface area (Å²) in [5.74, 6) is 0.0799. The minimum atomic E-state index is -0.229. The van der Waals surface area contributed by atoms with Gasteiger partial charge in [-0.15, -0.1) is 0 Å². The Bertz CT molecular complexity index is 501. The van der Waals surface area contributed by atoms with Gasteiger partial charge in [0, 0.05) is 24.0 Å². The third-order valence-corrected chi connectivity index (χ3v) is 2.75. The average molecular weight is 294 g/mol. The summed E-state index contributed by atoms with van der Waals surface area (Å²) in [6, 6.07) is 0. The number of halogens is 1. The van der Waals surface area contributed by atoms with Crippen molar-refractivity contribution in [2.75, 3.05) is 6.54 Å². The smallest absolute Gasteiger partial charge is 0.287 e. The Hall–Kier alpha value is -1.81. The van der Waals surface area contributed by atoms with Gasteiger partial charge in [0.1, 0.15) is 0 Å². The molecular weight excluding hydrogens is 274 g/mol. The molecule has 0 saturated carbocycles. The van der Waals surface area contributed by atoms with Crippen molar-refractivity contribution < 1.29 is 4.79 Å². The number of aromatic amines is 1. The number of carbonyl (C=O) groups is 1. The number of aromatic nitrogens is 2. The number of amides is 1. The van der Waals surface area contributed by atoms with E-state index in [-0.39, 0.29) is 5.91 Å². The van der Waals surface area contributed by atoms with Crippen LogP contribution in [0.2, 0.25) is 0 Å². The molecule has 0 saturated heterocycles. The molecule has 0 spiro atoms. The lowest BCUT2D eigenvalue weighted by atomic mass is 10.1. The van der Waals surface area contributed by atoms with Gasteiger partial charge in [0.05, 0.1) is 0 Å². The molecule has 0 bridgehead atoms. The second kappa shape index (κ2) is 9.15. The Labute approximate surface area is 124 Å². The lowest BCUT2D eigenvalue weighted by Crippen LogP contribution is -2.26. The van der Waals surface area contributed by atoms with Gasteiger partial charge in [0.2, 0.25) is 0 Å². The van der Waals surface area contributed by atoms with Gasteiger partial charge in [0.15, 0.2) is 5.82 Å². The largest absolute Gasteiger partial charge is 0.345 e. The van der Waals surface area contributed by atoms with Gasteiger partial charge < -0.3 is 10.3 Å². The van der Waals surface area contributed by atoms with Crippen molar-refractivity contribution in [2.45, 2.75) is 26.7 Å². The highest BCUT2D eigenvalue weighted by molar-refractivity contribution is 6.31. The van der Waals surface area contributed by atoms with Crippen LogP contribution in [-0.4, -0.2) is 22.4 Å². The predicted octanol–water partition coefficient (Wildman–Crippen LogP) is 3.56. The summed E-state index contributed by atoms with van der Waals surface area (Å²) in [5.41, 5.74) is 0.981. The van der Waals surface area contributed by atoms with Crippen LogP contribution in [0.1, 0.15) is 37.3 Å². The van der Waals surface area contributed by atoms with Gasteiger partial charge in [0.25, 0.3) is 5.91 Å². The summed E-state index contributed by atoms with van der Waals surface area (Å²) in [6.45, 7) is 4.43. The highest BCUT2D eigenvalue weighted by atomic mass is 35.5. The first kappa shape index (κ1) is 16.2. The van der Waals surface area contributed by atoms with Crippen LogP contribution >= 0.6 is 11.6 Å². The van der Waals surface area contributed by atoms with Crippen molar-refractivity contribution >= 4 is 17.5 Å². The molecule has 0 aliphatic carbocycles. The molecule has 0 atom stereocenters. The van der Waals surface area contributed by atoms with E-state index in [1.165, 1.54) is 0 Å². The second-order valence-corrected chi connectivity index (χ2v) is 4.65. The van der Waals surface area contributed by atoms with E-state index in [2.05, 4.69) is 28.3 Å². The van der Waals surface area contributed by atoms with Crippen LogP contribution in [-0.2, 0) is 0 Å². The molecule has 1 rings (SSSR count). The molecule has 0 fully saturated rings. The molecule has 1 amide bonds. The van der Waals surface area contributed by atoms with E-state index in [9.17, 15) is 4.79 Å². The molecule has 0 radical (unpaired) electrons. The second-order valence-electron chi connectivity index (χ2n) is 4.22. The molecule has 0 aliphatic heterocycles. The van der Waals surface area contributed by atoms with Crippen LogP contribution in [0, 0.1) is 0 Å². The number of rotatable bonds is 7. The molecule has 1 aromatic heterocycles. The summed E-state index contributed by atoms with van der Waals surface area (Å²) in [6.07, 6.45) is 12.8. The molecule has 0 aromatic carbocycles. The summed E-state index contributed by atoms with van der Waals surface area (Å²) in [7, 11) is 0. The minimum Gasteiger partial charge on any atom is -0.345 e. The quantitative estimate of drug-likeness (QED) is 0.755. The molecule has 4 nitrogen and oxygen atoms in total. The Morgan fingerprint density at radius 3 is 2.95 bits per heavy atom. The fraction of sp³-hybridized carbons (Fsp3) is 0.333. The standard InChI is InChI=1S/C15H20ClN3O/c1-3-5-7-12(10-13(16)6-4-2)11-19-15(20)14-17-8-9-18-14/h4,6-10H,3,5,11H2,1-2H3,(H,17,18)(H,19,20)/b6-4-,12-7-,13-10+. The first-order valence-corrected chi connectivity index (χ1v) is 7.01. The Balaban J connectivity index is 2.66. The Morgan fingerprint density at radius 2 is 2.35 bits per heavy atom. The number of hydrogen-bond acceptors (Lipinski definition) is 2. The zero-order chi connectivity index (χ0) is 14.8. The maximum absolute atomic E-state index is 11.8. The van der Waals surface area contributed by atoms with Crippen LogP contribution < -0.4 is 5.32 Å². The van der Waals surface area contributed by atoms with Gasteiger partial charge in [-0.05, 0) is 31.1 Å². The number of H-pyrrole nitrogens is 1. The lowest BCUT2D eigenvalue weighted by Gasteiger charge is -2.05. The Morgan fingerprint density at radius 1 is 1.55 bits per heavy atom. The molecule has 5 heteroatoms. The maximum atomic E-state index is 11.8. The predicted molar refractivity (Wildman–Crippen MR) is 82.7 cm³/mol. The molecule has 20 heavy (non-hydrogen) atoms. The van der Waals surface area contributed by atoms with Crippen molar-refractivity contribution in [2.24, 2.45) is 0 Å².